The van der Waals surface area contributed by atoms with Gasteiger partial charge in [-0.15, -0.1) is 0 Å². The van der Waals surface area contributed by atoms with E-state index < -0.39 is 10.0 Å². The number of carbonyl (C=O) groups is 1. The summed E-state index contributed by atoms with van der Waals surface area (Å²) in [5.41, 5.74) is 1.92. The third-order valence-electron chi connectivity index (χ3n) is 5.04. The van der Waals surface area contributed by atoms with Gasteiger partial charge in [0.15, 0.2) is 11.5 Å². The van der Waals surface area contributed by atoms with Gasteiger partial charge in [-0.05, 0) is 60.5 Å². The SMILES string of the molecule is COc1ccc(CCNC(=O)c2ccc(N(C)S(=O)(=O)c3ccccc3)cc2)cc1OC. The van der Waals surface area contributed by atoms with Crippen LogP contribution in [0, 0.1) is 0 Å². The Bertz CT molecular complexity index is 1160. The zero-order chi connectivity index (χ0) is 23.1. The number of benzene rings is 3. The lowest BCUT2D eigenvalue weighted by molar-refractivity contribution is 0.0954. The van der Waals surface area contributed by atoms with Crippen molar-refractivity contribution < 1.29 is 22.7 Å². The minimum atomic E-state index is -3.67. The average Bonchev–Trinajstić information content (AvgIpc) is 2.84. The van der Waals surface area contributed by atoms with Gasteiger partial charge < -0.3 is 14.8 Å². The van der Waals surface area contributed by atoms with Crippen LogP contribution in [-0.2, 0) is 16.4 Å². The van der Waals surface area contributed by atoms with E-state index in [1.165, 1.54) is 11.4 Å². The number of ether oxygens (including phenoxy) is 2. The third kappa shape index (κ3) is 5.20. The van der Waals surface area contributed by atoms with E-state index >= 15 is 0 Å². The Morgan fingerprint density at radius 1 is 0.906 bits per heavy atom. The predicted octanol–water partition coefficient (Wildman–Crippen LogP) is 3.50. The van der Waals surface area contributed by atoms with Gasteiger partial charge in [0.1, 0.15) is 0 Å². The lowest BCUT2D eigenvalue weighted by Gasteiger charge is -2.19. The zero-order valence-corrected chi connectivity index (χ0v) is 19.1. The van der Waals surface area contributed by atoms with E-state index in [1.54, 1.807) is 68.8 Å². The van der Waals surface area contributed by atoms with E-state index in [1.807, 2.05) is 18.2 Å². The minimum Gasteiger partial charge on any atom is -0.493 e. The molecule has 0 atom stereocenters. The number of amides is 1. The van der Waals surface area contributed by atoms with Crippen LogP contribution < -0.4 is 19.1 Å². The third-order valence-corrected chi connectivity index (χ3v) is 6.84. The van der Waals surface area contributed by atoms with Gasteiger partial charge in [-0.1, -0.05) is 24.3 Å². The van der Waals surface area contributed by atoms with E-state index in [-0.39, 0.29) is 10.8 Å². The number of nitrogens with zero attached hydrogens (tertiary/aromatic N) is 1. The second-order valence-corrected chi connectivity index (χ2v) is 9.00. The fourth-order valence-electron chi connectivity index (χ4n) is 3.17. The molecular formula is C24H26N2O5S. The Balaban J connectivity index is 1.60. The molecule has 32 heavy (non-hydrogen) atoms. The zero-order valence-electron chi connectivity index (χ0n) is 18.2. The number of methoxy groups -OCH3 is 2. The van der Waals surface area contributed by atoms with Crippen molar-refractivity contribution >= 4 is 21.6 Å². The fraction of sp³-hybridized carbons (Fsp3) is 0.208. The number of carbonyl (C=O) groups excluding carboxylic acids is 1. The minimum absolute atomic E-state index is 0.208. The van der Waals surface area contributed by atoms with Crippen molar-refractivity contribution in [2.45, 2.75) is 11.3 Å². The summed E-state index contributed by atoms with van der Waals surface area (Å²) in [4.78, 5) is 12.7. The molecule has 0 bridgehead atoms. The highest BCUT2D eigenvalue weighted by Gasteiger charge is 2.21. The molecule has 0 aliphatic heterocycles. The first-order valence-electron chi connectivity index (χ1n) is 10.00. The van der Waals surface area contributed by atoms with Crippen LogP contribution >= 0.6 is 0 Å². The Morgan fingerprint density at radius 3 is 2.19 bits per heavy atom. The van der Waals surface area contributed by atoms with Crippen molar-refractivity contribution in [1.82, 2.24) is 5.32 Å². The van der Waals surface area contributed by atoms with Crippen LogP contribution in [0.3, 0.4) is 0 Å². The molecule has 0 aliphatic rings. The molecule has 0 aromatic heterocycles. The summed E-state index contributed by atoms with van der Waals surface area (Å²) in [5, 5.41) is 2.88. The molecule has 0 fully saturated rings. The van der Waals surface area contributed by atoms with Crippen molar-refractivity contribution in [2.24, 2.45) is 0 Å². The van der Waals surface area contributed by atoms with E-state index in [0.29, 0.717) is 35.7 Å². The van der Waals surface area contributed by atoms with Gasteiger partial charge >= 0.3 is 0 Å². The summed E-state index contributed by atoms with van der Waals surface area (Å²) in [6.45, 7) is 0.443. The Morgan fingerprint density at radius 2 is 1.56 bits per heavy atom. The van der Waals surface area contributed by atoms with Crippen LogP contribution in [0.2, 0.25) is 0 Å². The number of sulfonamides is 1. The molecule has 7 nitrogen and oxygen atoms in total. The predicted molar refractivity (Wildman–Crippen MR) is 124 cm³/mol. The molecule has 3 aromatic rings. The molecule has 0 saturated carbocycles. The summed E-state index contributed by atoms with van der Waals surface area (Å²) < 4.78 is 37.2. The Hall–Kier alpha value is -3.52. The molecule has 0 heterocycles. The fourth-order valence-corrected chi connectivity index (χ4v) is 4.39. The number of anilines is 1. The topological polar surface area (TPSA) is 84.9 Å². The summed E-state index contributed by atoms with van der Waals surface area (Å²) >= 11 is 0. The van der Waals surface area contributed by atoms with Crippen molar-refractivity contribution in [1.29, 1.82) is 0 Å². The summed E-state index contributed by atoms with van der Waals surface area (Å²) in [6, 6.07) is 20.3. The number of hydrogen-bond donors (Lipinski definition) is 1. The Kier molecular flexibility index (Phi) is 7.37. The van der Waals surface area contributed by atoms with Crippen LogP contribution in [0.15, 0.2) is 77.7 Å². The summed E-state index contributed by atoms with van der Waals surface area (Å²) in [5.74, 6) is 1.06. The molecular weight excluding hydrogens is 428 g/mol. The average molecular weight is 455 g/mol. The van der Waals surface area contributed by atoms with Crippen LogP contribution in [0.4, 0.5) is 5.69 Å². The van der Waals surface area contributed by atoms with Crippen molar-refractivity contribution in [3.8, 4) is 11.5 Å². The summed E-state index contributed by atoms with van der Waals surface area (Å²) in [6.07, 6.45) is 0.627. The second kappa shape index (κ2) is 10.2. The molecule has 1 N–H and O–H groups in total. The van der Waals surface area contributed by atoms with Gasteiger partial charge in [0.2, 0.25) is 0 Å². The van der Waals surface area contributed by atoms with Crippen LogP contribution in [0.1, 0.15) is 15.9 Å². The summed E-state index contributed by atoms with van der Waals surface area (Å²) in [7, 11) is 0.980. The molecule has 168 valence electrons. The maximum Gasteiger partial charge on any atom is 0.264 e. The van der Waals surface area contributed by atoms with Gasteiger partial charge in [-0.25, -0.2) is 8.42 Å². The maximum atomic E-state index is 12.7. The highest BCUT2D eigenvalue weighted by molar-refractivity contribution is 7.92. The quantitative estimate of drug-likeness (QED) is 0.535. The molecule has 8 heteroatoms. The number of rotatable bonds is 9. The van der Waals surface area contributed by atoms with Crippen molar-refractivity contribution in [3.63, 3.8) is 0 Å². The molecule has 3 aromatic carbocycles. The second-order valence-electron chi connectivity index (χ2n) is 7.03. The van der Waals surface area contributed by atoms with Crippen LogP contribution in [0.5, 0.6) is 11.5 Å². The van der Waals surface area contributed by atoms with Gasteiger partial charge in [0.25, 0.3) is 15.9 Å². The number of hydrogen-bond acceptors (Lipinski definition) is 5. The molecule has 0 radical (unpaired) electrons. The molecule has 3 rings (SSSR count). The molecule has 0 saturated heterocycles. The monoisotopic (exact) mass is 454 g/mol. The molecule has 1 amide bonds. The standard InChI is InChI=1S/C24H26N2O5S/c1-26(32(28,29)21-7-5-4-6-8-21)20-12-10-19(11-13-20)24(27)25-16-15-18-9-14-22(30-2)23(17-18)31-3/h4-14,17H,15-16H2,1-3H3,(H,25,27). The lowest BCUT2D eigenvalue weighted by atomic mass is 10.1. The highest BCUT2D eigenvalue weighted by Crippen LogP contribution is 2.27. The van der Waals surface area contributed by atoms with Gasteiger partial charge in [0, 0.05) is 19.2 Å². The first-order chi connectivity index (χ1) is 15.4. The number of nitrogens with one attached hydrogen (secondary N) is 1. The highest BCUT2D eigenvalue weighted by atomic mass is 32.2. The van der Waals surface area contributed by atoms with E-state index in [0.717, 1.165) is 5.56 Å². The maximum absolute atomic E-state index is 12.7. The van der Waals surface area contributed by atoms with E-state index in [9.17, 15) is 13.2 Å². The van der Waals surface area contributed by atoms with Crippen molar-refractivity contribution in [2.75, 3.05) is 32.1 Å². The van der Waals surface area contributed by atoms with Gasteiger partial charge in [-0.2, -0.15) is 0 Å². The van der Waals surface area contributed by atoms with Gasteiger partial charge in [0.05, 0.1) is 24.8 Å². The van der Waals surface area contributed by atoms with E-state index in [2.05, 4.69) is 5.32 Å². The normalized spacial score (nSPS) is 11.0. The Labute approximate surface area is 188 Å². The molecule has 0 aliphatic carbocycles. The van der Waals surface area contributed by atoms with E-state index in [4.69, 9.17) is 9.47 Å². The largest absolute Gasteiger partial charge is 0.493 e. The smallest absolute Gasteiger partial charge is 0.264 e. The lowest BCUT2D eigenvalue weighted by Crippen LogP contribution is -2.27. The molecule has 0 spiro atoms. The van der Waals surface area contributed by atoms with Crippen molar-refractivity contribution in [3.05, 3.63) is 83.9 Å². The van der Waals surface area contributed by atoms with Gasteiger partial charge in [-0.3, -0.25) is 9.10 Å². The molecule has 0 unspecified atom stereocenters. The first-order valence-corrected chi connectivity index (χ1v) is 11.4. The van der Waals surface area contributed by atoms with Crippen LogP contribution in [-0.4, -0.2) is 42.1 Å². The first kappa shape index (κ1) is 23.1. The van der Waals surface area contributed by atoms with Crippen LogP contribution in [0.25, 0.3) is 0 Å².